The Kier molecular flexibility index (Phi) is 8.46. The van der Waals surface area contributed by atoms with E-state index >= 15 is 0 Å². The van der Waals surface area contributed by atoms with E-state index < -0.39 is 17.8 Å². The maximum atomic E-state index is 13.4. The van der Waals surface area contributed by atoms with Gasteiger partial charge in [0.25, 0.3) is 17.7 Å². The third-order valence-electron chi connectivity index (χ3n) is 6.08. The first-order valence-corrected chi connectivity index (χ1v) is 12.9. The van der Waals surface area contributed by atoms with Crippen LogP contribution in [0, 0.1) is 6.92 Å². The van der Waals surface area contributed by atoms with Gasteiger partial charge in [-0.3, -0.25) is 14.4 Å². The van der Waals surface area contributed by atoms with E-state index in [1.54, 1.807) is 41.3 Å². The van der Waals surface area contributed by atoms with Gasteiger partial charge in [0, 0.05) is 23.5 Å². The lowest BCUT2D eigenvalue weighted by atomic mass is 10.1. The van der Waals surface area contributed by atoms with Crippen LogP contribution < -0.4 is 15.1 Å². The zero-order valence-corrected chi connectivity index (χ0v) is 22.6. The van der Waals surface area contributed by atoms with Gasteiger partial charge in [-0.05, 0) is 68.3 Å². The average Bonchev–Trinajstić information content (AvgIpc) is 3.15. The molecule has 0 atom stereocenters. The van der Waals surface area contributed by atoms with Gasteiger partial charge in [0.1, 0.15) is 10.7 Å². The van der Waals surface area contributed by atoms with Crippen LogP contribution in [0.2, 0.25) is 0 Å². The number of hydrogen-bond acceptors (Lipinski definition) is 6. The SMILES string of the molecule is CCCOC(=O)c1ccccc1N1C(=O)C(Cl)=C(Nc2cccc(C(=O)N(CC)c3cccc(C)c3)c2)C1=O. The highest BCUT2D eigenvalue weighted by molar-refractivity contribution is 6.53. The number of benzene rings is 3. The van der Waals surface area contributed by atoms with E-state index in [1.807, 2.05) is 45.0 Å². The van der Waals surface area contributed by atoms with Crippen molar-refractivity contribution >= 4 is 52.4 Å². The van der Waals surface area contributed by atoms with Crippen LogP contribution in [0.4, 0.5) is 17.1 Å². The number of rotatable bonds is 9. The zero-order valence-electron chi connectivity index (χ0n) is 21.9. The Morgan fingerprint density at radius 3 is 2.41 bits per heavy atom. The van der Waals surface area contributed by atoms with Crippen LogP contribution in [0.3, 0.4) is 0 Å². The molecular weight excluding hydrogens is 518 g/mol. The number of carbonyl (C=O) groups is 4. The fourth-order valence-corrected chi connectivity index (χ4v) is 4.43. The fourth-order valence-electron chi connectivity index (χ4n) is 4.21. The quantitative estimate of drug-likeness (QED) is 0.275. The number of hydrogen-bond donors (Lipinski definition) is 1. The van der Waals surface area contributed by atoms with Crippen molar-refractivity contribution in [1.82, 2.24) is 0 Å². The molecule has 1 N–H and O–H groups in total. The Morgan fingerprint density at radius 2 is 1.69 bits per heavy atom. The molecule has 1 aliphatic rings. The minimum atomic E-state index is -0.774. The third-order valence-corrected chi connectivity index (χ3v) is 6.43. The first kappa shape index (κ1) is 27.6. The molecule has 4 rings (SSSR count). The van der Waals surface area contributed by atoms with E-state index in [4.69, 9.17) is 16.3 Å². The van der Waals surface area contributed by atoms with Crippen molar-refractivity contribution in [3.05, 3.63) is 100 Å². The molecule has 39 heavy (non-hydrogen) atoms. The summed E-state index contributed by atoms with van der Waals surface area (Å²) in [7, 11) is 0. The van der Waals surface area contributed by atoms with Crippen LogP contribution in [-0.4, -0.2) is 36.8 Å². The van der Waals surface area contributed by atoms with Gasteiger partial charge in [0.05, 0.1) is 17.9 Å². The summed E-state index contributed by atoms with van der Waals surface area (Å²) < 4.78 is 5.21. The summed E-state index contributed by atoms with van der Waals surface area (Å²) in [6, 6.07) is 20.4. The van der Waals surface area contributed by atoms with Crippen molar-refractivity contribution in [2.75, 3.05) is 28.3 Å². The highest BCUT2D eigenvalue weighted by Crippen LogP contribution is 2.33. The third kappa shape index (κ3) is 5.71. The average molecular weight is 546 g/mol. The summed E-state index contributed by atoms with van der Waals surface area (Å²) in [4.78, 5) is 54.9. The number of esters is 1. The number of anilines is 3. The molecule has 1 heterocycles. The van der Waals surface area contributed by atoms with E-state index in [0.29, 0.717) is 24.2 Å². The van der Waals surface area contributed by atoms with Crippen LogP contribution in [0.25, 0.3) is 0 Å². The molecule has 0 bridgehead atoms. The van der Waals surface area contributed by atoms with Crippen molar-refractivity contribution in [1.29, 1.82) is 0 Å². The number of amides is 3. The van der Waals surface area contributed by atoms with Gasteiger partial charge in [-0.25, -0.2) is 9.69 Å². The number of halogens is 1. The second kappa shape index (κ2) is 12.0. The highest BCUT2D eigenvalue weighted by Gasteiger charge is 2.40. The minimum absolute atomic E-state index is 0.0711. The second-order valence-corrected chi connectivity index (χ2v) is 9.26. The molecule has 9 heteroatoms. The summed E-state index contributed by atoms with van der Waals surface area (Å²) in [5.41, 5.74) is 2.57. The van der Waals surface area contributed by atoms with Gasteiger partial charge in [-0.1, -0.05) is 48.9 Å². The molecule has 3 aromatic carbocycles. The Hall–Kier alpha value is -4.43. The fraction of sp³-hybridized carbons (Fsp3) is 0.200. The first-order valence-electron chi connectivity index (χ1n) is 12.6. The topological polar surface area (TPSA) is 96.0 Å². The number of nitrogens with one attached hydrogen (secondary N) is 1. The first-order chi connectivity index (χ1) is 18.8. The summed E-state index contributed by atoms with van der Waals surface area (Å²) in [5, 5.41) is 2.57. The predicted molar refractivity (Wildman–Crippen MR) is 151 cm³/mol. The van der Waals surface area contributed by atoms with E-state index in [9.17, 15) is 19.2 Å². The smallest absolute Gasteiger partial charge is 0.340 e. The second-order valence-electron chi connectivity index (χ2n) is 8.88. The van der Waals surface area contributed by atoms with Crippen molar-refractivity contribution in [3.63, 3.8) is 0 Å². The number of nitrogens with zero attached hydrogens (tertiary/aromatic N) is 2. The van der Waals surface area contributed by atoms with E-state index in [2.05, 4.69) is 5.32 Å². The number of aryl methyl sites for hydroxylation is 1. The summed E-state index contributed by atoms with van der Waals surface area (Å²) in [5.74, 6) is -2.37. The maximum Gasteiger partial charge on any atom is 0.340 e. The lowest BCUT2D eigenvalue weighted by Crippen LogP contribution is -2.33. The van der Waals surface area contributed by atoms with E-state index in [1.165, 1.54) is 12.1 Å². The van der Waals surface area contributed by atoms with Crippen LogP contribution in [0.1, 0.15) is 46.5 Å². The molecule has 0 saturated heterocycles. The zero-order chi connectivity index (χ0) is 28.1. The molecule has 0 radical (unpaired) electrons. The Balaban J connectivity index is 1.59. The van der Waals surface area contributed by atoms with Gasteiger partial charge < -0.3 is 15.0 Å². The number of carbonyl (C=O) groups excluding carboxylic acids is 4. The van der Waals surface area contributed by atoms with Crippen molar-refractivity contribution in [2.45, 2.75) is 27.2 Å². The van der Waals surface area contributed by atoms with Crippen LogP contribution >= 0.6 is 11.6 Å². The predicted octanol–water partition coefficient (Wildman–Crippen LogP) is 5.66. The number of para-hydroxylation sites is 1. The molecule has 0 spiro atoms. The Bertz CT molecular complexity index is 1480. The molecule has 200 valence electrons. The largest absolute Gasteiger partial charge is 0.462 e. The van der Waals surface area contributed by atoms with E-state index in [-0.39, 0.29) is 34.5 Å². The normalized spacial score (nSPS) is 13.1. The molecule has 0 saturated carbocycles. The lowest BCUT2D eigenvalue weighted by molar-refractivity contribution is -0.120. The Morgan fingerprint density at radius 1 is 0.949 bits per heavy atom. The number of imide groups is 1. The molecule has 0 aromatic heterocycles. The standard InChI is InChI=1S/C30H28ClN3O5/c1-4-16-39-30(38)23-14-6-7-15-24(23)34-28(36)25(31)26(29(34)37)32-21-12-9-11-20(18-21)27(35)33(5-2)22-13-8-10-19(3)17-22/h6-15,17-18,32H,4-5,16H2,1-3H3. The van der Waals surface area contributed by atoms with Crippen LogP contribution in [-0.2, 0) is 14.3 Å². The van der Waals surface area contributed by atoms with E-state index in [0.717, 1.165) is 16.2 Å². The van der Waals surface area contributed by atoms with Gasteiger partial charge in [-0.15, -0.1) is 0 Å². The monoisotopic (exact) mass is 545 g/mol. The Labute approximate surface area is 231 Å². The highest BCUT2D eigenvalue weighted by atomic mass is 35.5. The van der Waals surface area contributed by atoms with Crippen molar-refractivity contribution in [2.24, 2.45) is 0 Å². The molecule has 3 aromatic rings. The maximum absolute atomic E-state index is 13.4. The van der Waals surface area contributed by atoms with Gasteiger partial charge in [-0.2, -0.15) is 0 Å². The minimum Gasteiger partial charge on any atom is -0.462 e. The van der Waals surface area contributed by atoms with Crippen LogP contribution in [0.15, 0.2) is 83.5 Å². The molecular formula is C30H28ClN3O5. The molecule has 0 fully saturated rings. The lowest BCUT2D eigenvalue weighted by Gasteiger charge is -2.22. The van der Waals surface area contributed by atoms with Gasteiger partial charge in [0.15, 0.2) is 0 Å². The number of ether oxygens (including phenoxy) is 1. The summed E-state index contributed by atoms with van der Waals surface area (Å²) in [6.45, 7) is 6.37. The summed E-state index contributed by atoms with van der Waals surface area (Å²) >= 11 is 6.32. The van der Waals surface area contributed by atoms with Crippen molar-refractivity contribution < 1.29 is 23.9 Å². The van der Waals surface area contributed by atoms with Gasteiger partial charge >= 0.3 is 5.97 Å². The summed E-state index contributed by atoms with van der Waals surface area (Å²) in [6.07, 6.45) is 0.625. The van der Waals surface area contributed by atoms with Crippen LogP contribution in [0.5, 0.6) is 0 Å². The molecule has 8 nitrogen and oxygen atoms in total. The molecule has 1 aliphatic heterocycles. The molecule has 3 amide bonds. The molecule has 0 unspecified atom stereocenters. The van der Waals surface area contributed by atoms with Crippen molar-refractivity contribution in [3.8, 4) is 0 Å². The molecule has 0 aliphatic carbocycles. The van der Waals surface area contributed by atoms with Gasteiger partial charge in [0.2, 0.25) is 0 Å².